The molecule has 0 aliphatic carbocycles. The maximum atomic E-state index is 12.5. The van der Waals surface area contributed by atoms with Gasteiger partial charge in [0, 0.05) is 11.7 Å². The van der Waals surface area contributed by atoms with Crippen molar-refractivity contribution >= 4 is 17.7 Å². The number of aryl methyl sites for hydroxylation is 1. The fraction of sp³-hybridized carbons (Fsp3) is 0.759. The van der Waals surface area contributed by atoms with Gasteiger partial charge < -0.3 is 9.84 Å². The lowest BCUT2D eigenvalue weighted by Crippen LogP contribution is -2.19. The number of thioether (sulfide) groups is 1. The number of benzene rings is 1. The molecule has 0 aliphatic rings. The van der Waals surface area contributed by atoms with Crippen LogP contribution < -0.4 is 0 Å². The zero-order valence-corrected chi connectivity index (χ0v) is 23.5. The highest BCUT2D eigenvalue weighted by molar-refractivity contribution is 7.99. The number of hydrogen-bond donors (Lipinski definition) is 1. The first-order chi connectivity index (χ1) is 15.4. The second-order valence-corrected chi connectivity index (χ2v) is 12.8. The molecule has 0 saturated carbocycles. The highest BCUT2D eigenvalue weighted by Gasteiger charge is 2.26. The Morgan fingerprint density at radius 3 is 2.00 bits per heavy atom. The molecule has 0 bridgehead atoms. The number of carbonyl (C=O) groups is 1. The van der Waals surface area contributed by atoms with Crippen LogP contribution in [-0.2, 0) is 26.8 Å². The van der Waals surface area contributed by atoms with Gasteiger partial charge in [0.1, 0.15) is 12.4 Å². The third-order valence-electron chi connectivity index (χ3n) is 6.14. The van der Waals surface area contributed by atoms with E-state index in [9.17, 15) is 9.90 Å². The second kappa shape index (κ2) is 14.3. The molecular weight excluding hydrogens is 428 g/mol. The van der Waals surface area contributed by atoms with Crippen LogP contribution in [0.2, 0.25) is 0 Å². The summed E-state index contributed by atoms with van der Waals surface area (Å²) in [6.07, 6.45) is 9.92. The van der Waals surface area contributed by atoms with Gasteiger partial charge in [-0.2, -0.15) is 11.8 Å². The molecule has 1 rings (SSSR count). The van der Waals surface area contributed by atoms with Crippen LogP contribution in [0.1, 0.15) is 123 Å². The topological polar surface area (TPSA) is 46.5 Å². The number of hydrogen-bond acceptors (Lipinski definition) is 4. The molecular formula is C29H50O3S. The van der Waals surface area contributed by atoms with Crippen molar-refractivity contribution in [1.29, 1.82) is 0 Å². The van der Waals surface area contributed by atoms with E-state index >= 15 is 0 Å². The number of rotatable bonds is 14. The van der Waals surface area contributed by atoms with Crippen LogP contribution in [0.5, 0.6) is 5.75 Å². The number of esters is 1. The van der Waals surface area contributed by atoms with Crippen LogP contribution in [0.15, 0.2) is 12.1 Å². The van der Waals surface area contributed by atoms with Crippen molar-refractivity contribution in [3.8, 4) is 5.75 Å². The Morgan fingerprint density at radius 2 is 1.48 bits per heavy atom. The van der Waals surface area contributed by atoms with Crippen LogP contribution in [0.4, 0.5) is 0 Å². The SMILES string of the molecule is CCCCCCCCSC(CC)COC(=O)CCc1cc(C(C)(C)C)c(O)c(C(C)(C)C)c1. The highest BCUT2D eigenvalue weighted by atomic mass is 32.2. The molecule has 0 heterocycles. The lowest BCUT2D eigenvalue weighted by molar-refractivity contribution is -0.143. The molecule has 1 N–H and O–H groups in total. The molecule has 0 aliphatic heterocycles. The third-order valence-corrected chi connectivity index (χ3v) is 7.61. The monoisotopic (exact) mass is 478 g/mol. The fourth-order valence-corrected chi connectivity index (χ4v) is 5.01. The van der Waals surface area contributed by atoms with Gasteiger partial charge in [-0.25, -0.2) is 0 Å². The zero-order valence-electron chi connectivity index (χ0n) is 22.7. The summed E-state index contributed by atoms with van der Waals surface area (Å²) in [5.41, 5.74) is 2.64. The molecule has 0 amide bonds. The highest BCUT2D eigenvalue weighted by Crippen LogP contribution is 2.40. The molecule has 3 nitrogen and oxygen atoms in total. The van der Waals surface area contributed by atoms with E-state index < -0.39 is 0 Å². The summed E-state index contributed by atoms with van der Waals surface area (Å²) in [6, 6.07) is 4.12. The molecule has 33 heavy (non-hydrogen) atoms. The van der Waals surface area contributed by atoms with E-state index in [4.69, 9.17) is 4.74 Å². The molecule has 1 atom stereocenters. The predicted molar refractivity (Wildman–Crippen MR) is 145 cm³/mol. The van der Waals surface area contributed by atoms with Gasteiger partial charge >= 0.3 is 5.97 Å². The average molecular weight is 479 g/mol. The molecule has 0 spiro atoms. The van der Waals surface area contributed by atoms with Crippen LogP contribution in [0.3, 0.4) is 0 Å². The van der Waals surface area contributed by atoms with Crippen molar-refractivity contribution in [2.24, 2.45) is 0 Å². The Labute approximate surface area is 208 Å². The Balaban J connectivity index is 2.57. The van der Waals surface area contributed by atoms with E-state index in [0.29, 0.717) is 30.4 Å². The quantitative estimate of drug-likeness (QED) is 0.216. The van der Waals surface area contributed by atoms with Gasteiger partial charge in [-0.3, -0.25) is 4.79 Å². The van der Waals surface area contributed by atoms with Crippen LogP contribution in [0, 0.1) is 0 Å². The lowest BCUT2D eigenvalue weighted by atomic mass is 9.78. The van der Waals surface area contributed by atoms with Crippen molar-refractivity contribution in [2.45, 2.75) is 129 Å². The minimum absolute atomic E-state index is 0.128. The Bertz CT molecular complexity index is 678. The number of phenolic OH excluding ortho intramolecular Hbond substituents is 1. The van der Waals surface area contributed by atoms with Gasteiger partial charge in [-0.1, -0.05) is 99.6 Å². The average Bonchev–Trinajstić information content (AvgIpc) is 2.72. The normalized spacial score (nSPS) is 13.2. The van der Waals surface area contributed by atoms with E-state index in [1.807, 2.05) is 11.8 Å². The first-order valence-electron chi connectivity index (χ1n) is 13.0. The smallest absolute Gasteiger partial charge is 0.306 e. The van der Waals surface area contributed by atoms with Crippen molar-refractivity contribution in [3.05, 3.63) is 28.8 Å². The first kappa shape index (κ1) is 29.9. The summed E-state index contributed by atoms with van der Waals surface area (Å²) in [7, 11) is 0. The number of ether oxygens (including phenoxy) is 1. The standard InChI is InChI=1S/C29H50O3S/c1-9-11-12-13-14-15-18-33-23(10-2)21-32-26(30)17-16-22-19-24(28(3,4)5)27(31)25(20-22)29(6,7)8/h19-20,23,31H,9-18,21H2,1-8H3. The molecule has 190 valence electrons. The minimum atomic E-state index is -0.165. The second-order valence-electron chi connectivity index (χ2n) is 11.4. The lowest BCUT2D eigenvalue weighted by Gasteiger charge is -2.28. The van der Waals surface area contributed by atoms with Crippen molar-refractivity contribution in [3.63, 3.8) is 0 Å². The zero-order chi connectivity index (χ0) is 25.1. The maximum absolute atomic E-state index is 12.5. The van der Waals surface area contributed by atoms with E-state index in [1.165, 1.54) is 38.5 Å². The molecule has 0 saturated heterocycles. The van der Waals surface area contributed by atoms with Gasteiger partial charge in [0.25, 0.3) is 0 Å². The molecule has 0 aromatic heterocycles. The number of carbonyl (C=O) groups excluding carboxylic acids is 1. The van der Waals surface area contributed by atoms with Gasteiger partial charge in [0.05, 0.1) is 0 Å². The minimum Gasteiger partial charge on any atom is -0.507 e. The van der Waals surface area contributed by atoms with E-state index in [1.54, 1.807) is 0 Å². The Morgan fingerprint density at radius 1 is 0.939 bits per heavy atom. The largest absolute Gasteiger partial charge is 0.507 e. The molecule has 0 fully saturated rings. The Hall–Kier alpha value is -1.16. The predicted octanol–water partition coefficient (Wildman–Crippen LogP) is 8.34. The Kier molecular flexibility index (Phi) is 12.9. The molecule has 4 heteroatoms. The molecule has 1 aromatic rings. The van der Waals surface area contributed by atoms with Gasteiger partial charge in [0.15, 0.2) is 0 Å². The number of phenols is 1. The maximum Gasteiger partial charge on any atom is 0.306 e. The van der Waals surface area contributed by atoms with Gasteiger partial charge in [-0.15, -0.1) is 0 Å². The summed E-state index contributed by atoms with van der Waals surface area (Å²) in [6.45, 7) is 17.6. The summed E-state index contributed by atoms with van der Waals surface area (Å²) in [5, 5.41) is 11.3. The van der Waals surface area contributed by atoms with Crippen LogP contribution in [0.25, 0.3) is 0 Å². The van der Waals surface area contributed by atoms with Gasteiger partial charge in [0.2, 0.25) is 0 Å². The fourth-order valence-electron chi connectivity index (χ4n) is 3.90. The molecule has 1 unspecified atom stereocenters. The summed E-state index contributed by atoms with van der Waals surface area (Å²) in [5.74, 6) is 1.41. The van der Waals surface area contributed by atoms with E-state index in [-0.39, 0.29) is 16.8 Å². The van der Waals surface area contributed by atoms with Crippen molar-refractivity contribution in [1.82, 2.24) is 0 Å². The van der Waals surface area contributed by atoms with Gasteiger partial charge in [-0.05, 0) is 52.5 Å². The van der Waals surface area contributed by atoms with Crippen LogP contribution in [-0.4, -0.2) is 28.7 Å². The summed E-state index contributed by atoms with van der Waals surface area (Å²) in [4.78, 5) is 12.5. The third kappa shape index (κ3) is 11.2. The van der Waals surface area contributed by atoms with Crippen molar-refractivity contribution < 1.29 is 14.6 Å². The van der Waals surface area contributed by atoms with Crippen LogP contribution >= 0.6 is 11.8 Å². The summed E-state index contributed by atoms with van der Waals surface area (Å²) < 4.78 is 5.64. The molecule has 0 radical (unpaired) electrons. The van der Waals surface area contributed by atoms with E-state index in [0.717, 1.165) is 28.9 Å². The molecule has 1 aromatic carbocycles. The first-order valence-corrected chi connectivity index (χ1v) is 14.1. The van der Waals surface area contributed by atoms with E-state index in [2.05, 4.69) is 67.5 Å². The summed E-state index contributed by atoms with van der Waals surface area (Å²) >= 11 is 1.95. The number of aromatic hydroxyl groups is 1. The van der Waals surface area contributed by atoms with Crippen molar-refractivity contribution in [2.75, 3.05) is 12.4 Å². The number of unbranched alkanes of at least 4 members (excludes halogenated alkanes) is 5.